The lowest BCUT2D eigenvalue weighted by molar-refractivity contribution is -0.0366. The van der Waals surface area contributed by atoms with E-state index in [1.54, 1.807) is 0 Å². The molecule has 0 aliphatic heterocycles. The van der Waals surface area contributed by atoms with Crippen molar-refractivity contribution in [2.45, 2.75) is 59.1 Å². The van der Waals surface area contributed by atoms with Crippen molar-refractivity contribution < 1.29 is 9.84 Å². The van der Waals surface area contributed by atoms with Gasteiger partial charge in [0.2, 0.25) is 0 Å². The molecule has 0 radical (unpaired) electrons. The van der Waals surface area contributed by atoms with Gasteiger partial charge in [0.05, 0.1) is 18.2 Å². The van der Waals surface area contributed by atoms with E-state index in [0.717, 1.165) is 37.2 Å². The van der Waals surface area contributed by atoms with E-state index in [4.69, 9.17) is 4.74 Å². The second-order valence-electron chi connectivity index (χ2n) is 5.39. The average Bonchev–Trinajstić information content (AvgIpc) is 2.53. The molecule has 1 rings (SSSR count). The molecule has 0 spiro atoms. The zero-order valence-electron chi connectivity index (χ0n) is 14.2. The highest BCUT2D eigenvalue weighted by Crippen LogP contribution is 2.37. The minimum atomic E-state index is -0.483. The molecule has 21 heavy (non-hydrogen) atoms. The van der Waals surface area contributed by atoms with E-state index < -0.39 is 6.10 Å². The molecule has 1 atom stereocenters. The molecule has 1 unspecified atom stereocenters. The molecule has 1 N–H and O–H groups in total. The van der Waals surface area contributed by atoms with Crippen molar-refractivity contribution in [1.29, 1.82) is 0 Å². The van der Waals surface area contributed by atoms with E-state index >= 15 is 0 Å². The number of hydrogen-bond acceptors (Lipinski definition) is 3. The van der Waals surface area contributed by atoms with Gasteiger partial charge in [-0.25, -0.2) is 0 Å². The Labute approximate surface area is 129 Å². The largest absolute Gasteiger partial charge is 0.494 e. The predicted molar refractivity (Wildman–Crippen MR) is 88.8 cm³/mol. The SMILES string of the molecule is CCOc1ccc(C(O)C(CC)(CC)N(CC)CC)cc1. The average molecular weight is 293 g/mol. The summed E-state index contributed by atoms with van der Waals surface area (Å²) in [5.41, 5.74) is 0.769. The number of aliphatic hydroxyl groups is 1. The summed E-state index contributed by atoms with van der Waals surface area (Å²) in [7, 11) is 0. The summed E-state index contributed by atoms with van der Waals surface area (Å²) in [5, 5.41) is 11.0. The molecular weight excluding hydrogens is 262 g/mol. The summed E-state index contributed by atoms with van der Waals surface area (Å²) in [5.74, 6) is 0.856. The van der Waals surface area contributed by atoms with Crippen molar-refractivity contribution in [3.63, 3.8) is 0 Å². The first-order valence-electron chi connectivity index (χ1n) is 8.25. The van der Waals surface area contributed by atoms with E-state index in [2.05, 4.69) is 32.6 Å². The van der Waals surface area contributed by atoms with Crippen LogP contribution in [0.25, 0.3) is 0 Å². The van der Waals surface area contributed by atoms with Gasteiger partial charge in [-0.05, 0) is 50.6 Å². The molecule has 0 fully saturated rings. The lowest BCUT2D eigenvalue weighted by Crippen LogP contribution is -2.52. The zero-order valence-corrected chi connectivity index (χ0v) is 14.2. The first kappa shape index (κ1) is 18.0. The van der Waals surface area contributed by atoms with Crippen molar-refractivity contribution in [3.05, 3.63) is 29.8 Å². The third-order valence-corrected chi connectivity index (χ3v) is 4.63. The summed E-state index contributed by atoms with van der Waals surface area (Å²) in [6.45, 7) is 13.2. The van der Waals surface area contributed by atoms with Crippen molar-refractivity contribution >= 4 is 0 Å². The summed E-state index contributed by atoms with van der Waals surface area (Å²) in [6, 6.07) is 7.86. The predicted octanol–water partition coefficient (Wildman–Crippen LogP) is 4.02. The highest BCUT2D eigenvalue weighted by Gasteiger charge is 2.39. The molecule has 0 aromatic heterocycles. The number of nitrogens with zero attached hydrogens (tertiary/aromatic N) is 1. The molecular formula is C18H31NO2. The summed E-state index contributed by atoms with van der Waals surface area (Å²) >= 11 is 0. The van der Waals surface area contributed by atoms with Gasteiger partial charge >= 0.3 is 0 Å². The van der Waals surface area contributed by atoms with Crippen LogP contribution in [0.3, 0.4) is 0 Å². The van der Waals surface area contributed by atoms with Crippen LogP contribution < -0.4 is 4.74 Å². The molecule has 0 heterocycles. The molecule has 0 aliphatic carbocycles. The topological polar surface area (TPSA) is 32.7 Å². The van der Waals surface area contributed by atoms with Crippen LogP contribution in [0.4, 0.5) is 0 Å². The maximum atomic E-state index is 11.0. The first-order chi connectivity index (χ1) is 10.1. The monoisotopic (exact) mass is 293 g/mol. The fourth-order valence-corrected chi connectivity index (χ4v) is 3.33. The van der Waals surface area contributed by atoms with Crippen LogP contribution in [-0.4, -0.2) is 35.2 Å². The van der Waals surface area contributed by atoms with Gasteiger partial charge in [-0.1, -0.05) is 39.8 Å². The quantitative estimate of drug-likeness (QED) is 0.746. The van der Waals surface area contributed by atoms with E-state index in [9.17, 15) is 5.11 Å². The van der Waals surface area contributed by atoms with E-state index in [1.165, 1.54) is 0 Å². The molecule has 3 heteroatoms. The Hall–Kier alpha value is -1.06. The number of likely N-dealkylation sites (N-methyl/N-ethyl adjacent to an activating group) is 1. The summed E-state index contributed by atoms with van der Waals surface area (Å²) in [6.07, 6.45) is 1.38. The van der Waals surface area contributed by atoms with Gasteiger partial charge in [0.1, 0.15) is 5.75 Å². The van der Waals surface area contributed by atoms with Crippen LogP contribution in [0, 0.1) is 0 Å². The second-order valence-corrected chi connectivity index (χ2v) is 5.39. The fourth-order valence-electron chi connectivity index (χ4n) is 3.33. The van der Waals surface area contributed by atoms with Crippen LogP contribution in [-0.2, 0) is 0 Å². The normalized spacial score (nSPS) is 13.5. The molecule has 0 saturated heterocycles. The Bertz CT molecular complexity index is 394. The summed E-state index contributed by atoms with van der Waals surface area (Å²) in [4.78, 5) is 2.38. The van der Waals surface area contributed by atoms with Crippen molar-refractivity contribution in [3.8, 4) is 5.75 Å². The molecule has 120 valence electrons. The lowest BCUT2D eigenvalue weighted by Gasteiger charge is -2.46. The third kappa shape index (κ3) is 3.78. The molecule has 0 amide bonds. The molecule has 0 aliphatic rings. The van der Waals surface area contributed by atoms with Gasteiger partial charge in [-0.2, -0.15) is 0 Å². The van der Waals surface area contributed by atoms with E-state index in [1.807, 2.05) is 31.2 Å². The Morgan fingerprint density at radius 1 is 1.00 bits per heavy atom. The first-order valence-corrected chi connectivity index (χ1v) is 8.25. The molecule has 3 nitrogen and oxygen atoms in total. The van der Waals surface area contributed by atoms with Crippen molar-refractivity contribution in [2.75, 3.05) is 19.7 Å². The Morgan fingerprint density at radius 3 is 1.90 bits per heavy atom. The van der Waals surface area contributed by atoms with Gasteiger partial charge in [0, 0.05) is 0 Å². The number of rotatable bonds is 9. The molecule has 0 bridgehead atoms. The summed E-state index contributed by atoms with van der Waals surface area (Å²) < 4.78 is 5.48. The van der Waals surface area contributed by atoms with E-state index in [0.29, 0.717) is 6.61 Å². The number of benzene rings is 1. The van der Waals surface area contributed by atoms with E-state index in [-0.39, 0.29) is 5.54 Å². The Balaban J connectivity index is 3.07. The van der Waals surface area contributed by atoms with Crippen LogP contribution in [0.1, 0.15) is 59.1 Å². The van der Waals surface area contributed by atoms with Gasteiger partial charge in [0.25, 0.3) is 0 Å². The lowest BCUT2D eigenvalue weighted by atomic mass is 9.81. The number of hydrogen-bond donors (Lipinski definition) is 1. The minimum absolute atomic E-state index is 0.198. The molecule has 1 aromatic rings. The highest BCUT2D eigenvalue weighted by atomic mass is 16.5. The van der Waals surface area contributed by atoms with Gasteiger partial charge < -0.3 is 9.84 Å². The van der Waals surface area contributed by atoms with Crippen molar-refractivity contribution in [1.82, 2.24) is 4.90 Å². The zero-order chi connectivity index (χ0) is 15.9. The van der Waals surface area contributed by atoms with Gasteiger partial charge in [0.15, 0.2) is 0 Å². The molecule has 1 aromatic carbocycles. The minimum Gasteiger partial charge on any atom is -0.494 e. The highest BCUT2D eigenvalue weighted by molar-refractivity contribution is 5.30. The maximum absolute atomic E-state index is 11.0. The smallest absolute Gasteiger partial charge is 0.119 e. The fraction of sp³-hybridized carbons (Fsp3) is 0.667. The van der Waals surface area contributed by atoms with Gasteiger partial charge in [-0.3, -0.25) is 4.90 Å². The Kier molecular flexibility index (Phi) is 7.20. The van der Waals surface area contributed by atoms with Crippen LogP contribution in [0.15, 0.2) is 24.3 Å². The van der Waals surface area contributed by atoms with Crippen LogP contribution in [0.5, 0.6) is 5.75 Å². The van der Waals surface area contributed by atoms with Crippen LogP contribution >= 0.6 is 0 Å². The standard InChI is InChI=1S/C18H31NO2/c1-6-18(7-2,19(8-3)9-4)17(20)15-11-13-16(14-12-15)21-10-5/h11-14,17,20H,6-10H2,1-5H3. The third-order valence-electron chi connectivity index (χ3n) is 4.63. The Morgan fingerprint density at radius 2 is 1.52 bits per heavy atom. The number of aliphatic hydroxyl groups excluding tert-OH is 1. The number of ether oxygens (including phenoxy) is 1. The van der Waals surface area contributed by atoms with Gasteiger partial charge in [-0.15, -0.1) is 0 Å². The molecule has 0 saturated carbocycles. The van der Waals surface area contributed by atoms with Crippen LogP contribution in [0.2, 0.25) is 0 Å². The second kappa shape index (κ2) is 8.40. The van der Waals surface area contributed by atoms with Crippen molar-refractivity contribution in [2.24, 2.45) is 0 Å². The maximum Gasteiger partial charge on any atom is 0.119 e.